The van der Waals surface area contributed by atoms with Crippen LogP contribution in [0.3, 0.4) is 0 Å². The number of halogens is 3. The van der Waals surface area contributed by atoms with Gasteiger partial charge in [-0.2, -0.15) is 8.78 Å². The van der Waals surface area contributed by atoms with Crippen molar-refractivity contribution in [1.29, 1.82) is 0 Å². The number of hydrogen-bond acceptors (Lipinski definition) is 4. The van der Waals surface area contributed by atoms with Crippen LogP contribution in [0.25, 0.3) is 0 Å². The molecule has 0 bridgehead atoms. The second-order valence-corrected chi connectivity index (χ2v) is 7.70. The largest absolute Gasteiger partial charge is 0.323 e. The first-order chi connectivity index (χ1) is 12.5. The molecule has 9 heteroatoms. The maximum atomic E-state index is 12.7. The summed E-state index contributed by atoms with van der Waals surface area (Å²) in [6.07, 6.45) is 0. The van der Waals surface area contributed by atoms with E-state index >= 15 is 0 Å². The summed E-state index contributed by atoms with van der Waals surface area (Å²) in [5.41, 5.74) is 0.858. The van der Waals surface area contributed by atoms with E-state index in [0.29, 0.717) is 5.69 Å². The van der Waals surface area contributed by atoms with Crippen molar-refractivity contribution >= 4 is 58.3 Å². The van der Waals surface area contributed by atoms with Crippen molar-refractivity contribution in [2.75, 3.05) is 22.5 Å². The number of carbonyl (C=O) groups excluding carboxylic acids is 2. The van der Waals surface area contributed by atoms with Gasteiger partial charge >= 0.3 is 0 Å². The van der Waals surface area contributed by atoms with Crippen LogP contribution in [-0.4, -0.2) is 29.9 Å². The molecule has 0 aliphatic carbocycles. The second-order valence-electron chi connectivity index (χ2n) is 5.28. The molecule has 2 aromatic rings. The Labute approximate surface area is 162 Å². The van der Waals surface area contributed by atoms with E-state index < -0.39 is 11.7 Å². The standard InChI is InChI=1S/C17H13ClF2N2O2S2/c18-10-4-3-5-11(16(10)26-17(19)20)21-14(23)8-22-12-6-1-2-7-13(12)25-9-15(22)24/h1-7,17H,8-9H2,(H,21,23). The van der Waals surface area contributed by atoms with Crippen LogP contribution in [0.2, 0.25) is 5.02 Å². The summed E-state index contributed by atoms with van der Waals surface area (Å²) in [5, 5.41) is 2.71. The summed E-state index contributed by atoms with van der Waals surface area (Å²) in [7, 11) is 0. The number of para-hydroxylation sites is 1. The highest BCUT2D eigenvalue weighted by Gasteiger charge is 2.26. The average molecular weight is 415 g/mol. The van der Waals surface area contributed by atoms with Gasteiger partial charge in [-0.25, -0.2) is 0 Å². The summed E-state index contributed by atoms with van der Waals surface area (Å²) < 4.78 is 25.5. The van der Waals surface area contributed by atoms with Gasteiger partial charge in [0.1, 0.15) is 6.54 Å². The fourth-order valence-electron chi connectivity index (χ4n) is 2.48. The lowest BCUT2D eigenvalue weighted by molar-refractivity contribution is -0.120. The van der Waals surface area contributed by atoms with Crippen LogP contribution in [0.5, 0.6) is 0 Å². The molecule has 1 aliphatic rings. The minimum absolute atomic E-state index is 0.0958. The molecule has 4 nitrogen and oxygen atoms in total. The molecule has 26 heavy (non-hydrogen) atoms. The van der Waals surface area contributed by atoms with Crippen molar-refractivity contribution in [3.05, 3.63) is 47.5 Å². The fraction of sp³-hybridized carbons (Fsp3) is 0.176. The average Bonchev–Trinajstić information content (AvgIpc) is 2.60. The SMILES string of the molecule is O=C(CN1C(=O)CSc2ccccc21)Nc1cccc(Cl)c1SC(F)F. The minimum atomic E-state index is -2.67. The Kier molecular flexibility index (Phi) is 6.05. The highest BCUT2D eigenvalue weighted by Crippen LogP contribution is 2.38. The first-order valence-corrected chi connectivity index (χ1v) is 9.75. The molecule has 136 valence electrons. The molecule has 1 heterocycles. The Bertz CT molecular complexity index is 851. The molecule has 1 N–H and O–H groups in total. The predicted octanol–water partition coefficient (Wildman–Crippen LogP) is 4.73. The Morgan fingerprint density at radius 1 is 1.27 bits per heavy atom. The van der Waals surface area contributed by atoms with Gasteiger partial charge in [-0.05, 0) is 24.3 Å². The fourth-order valence-corrected chi connectivity index (χ4v) is 4.33. The summed E-state index contributed by atoms with van der Waals surface area (Å²) in [6, 6.07) is 11.8. The number of carbonyl (C=O) groups is 2. The van der Waals surface area contributed by atoms with Gasteiger partial charge in [0.2, 0.25) is 11.8 Å². The van der Waals surface area contributed by atoms with E-state index in [1.807, 2.05) is 12.1 Å². The Balaban J connectivity index is 1.78. The summed E-state index contributed by atoms with van der Waals surface area (Å²) >= 11 is 7.65. The number of rotatable bonds is 5. The molecule has 3 rings (SSSR count). The molecule has 0 spiro atoms. The Morgan fingerprint density at radius 2 is 2.04 bits per heavy atom. The molecule has 2 amide bonds. The highest BCUT2D eigenvalue weighted by atomic mass is 35.5. The van der Waals surface area contributed by atoms with Crippen LogP contribution >= 0.6 is 35.1 Å². The van der Waals surface area contributed by atoms with Gasteiger partial charge in [0.05, 0.1) is 27.0 Å². The number of anilines is 2. The number of fused-ring (bicyclic) bond motifs is 1. The van der Waals surface area contributed by atoms with Gasteiger partial charge in [-0.15, -0.1) is 11.8 Å². The number of alkyl halides is 2. The molecule has 0 saturated heterocycles. The van der Waals surface area contributed by atoms with Gasteiger partial charge in [0.15, 0.2) is 0 Å². The summed E-state index contributed by atoms with van der Waals surface area (Å²) in [6.45, 7) is -0.207. The maximum Gasteiger partial charge on any atom is 0.289 e. The third kappa shape index (κ3) is 4.31. The van der Waals surface area contributed by atoms with Crippen LogP contribution in [0.4, 0.5) is 20.2 Å². The lowest BCUT2D eigenvalue weighted by atomic mass is 10.2. The zero-order valence-corrected chi connectivity index (χ0v) is 15.6. The third-order valence-electron chi connectivity index (χ3n) is 3.56. The van der Waals surface area contributed by atoms with E-state index in [0.717, 1.165) is 4.90 Å². The predicted molar refractivity (Wildman–Crippen MR) is 101 cm³/mol. The highest BCUT2D eigenvalue weighted by molar-refractivity contribution is 8.00. The zero-order chi connectivity index (χ0) is 18.7. The number of nitrogens with zero attached hydrogens (tertiary/aromatic N) is 1. The number of amides is 2. The minimum Gasteiger partial charge on any atom is -0.323 e. The maximum absolute atomic E-state index is 12.7. The Hall–Kier alpha value is -1.77. The van der Waals surface area contributed by atoms with Crippen molar-refractivity contribution in [1.82, 2.24) is 0 Å². The van der Waals surface area contributed by atoms with Gasteiger partial charge in [-0.1, -0.05) is 41.6 Å². The van der Waals surface area contributed by atoms with E-state index in [9.17, 15) is 18.4 Å². The second kappa shape index (κ2) is 8.28. The zero-order valence-electron chi connectivity index (χ0n) is 13.2. The number of thioether (sulfide) groups is 2. The molecule has 0 unspecified atom stereocenters. The van der Waals surface area contributed by atoms with Crippen LogP contribution in [0.15, 0.2) is 52.3 Å². The van der Waals surface area contributed by atoms with E-state index in [1.54, 1.807) is 18.2 Å². The van der Waals surface area contributed by atoms with Crippen molar-refractivity contribution in [2.24, 2.45) is 0 Å². The lowest BCUT2D eigenvalue weighted by Gasteiger charge is -2.28. The van der Waals surface area contributed by atoms with Crippen LogP contribution in [0.1, 0.15) is 0 Å². The molecule has 2 aromatic carbocycles. The molecule has 1 aliphatic heterocycles. The van der Waals surface area contributed by atoms with Crippen LogP contribution in [-0.2, 0) is 9.59 Å². The monoisotopic (exact) mass is 414 g/mol. The van der Waals surface area contributed by atoms with E-state index in [4.69, 9.17) is 11.6 Å². The molecule has 0 atom stereocenters. The lowest BCUT2D eigenvalue weighted by Crippen LogP contribution is -2.41. The first kappa shape index (κ1) is 19.0. The van der Waals surface area contributed by atoms with Crippen molar-refractivity contribution in [3.8, 4) is 0 Å². The molecule has 0 saturated carbocycles. The topological polar surface area (TPSA) is 49.4 Å². The van der Waals surface area contributed by atoms with Gasteiger partial charge < -0.3 is 10.2 Å². The third-order valence-corrected chi connectivity index (χ3v) is 5.89. The molecule has 0 radical (unpaired) electrons. The number of hydrogen-bond donors (Lipinski definition) is 1. The normalized spacial score (nSPS) is 13.7. The number of benzene rings is 2. The number of nitrogens with one attached hydrogen (secondary N) is 1. The first-order valence-electron chi connectivity index (χ1n) is 7.51. The summed E-state index contributed by atoms with van der Waals surface area (Å²) in [4.78, 5) is 27.0. The van der Waals surface area contributed by atoms with E-state index in [-0.39, 0.29) is 45.6 Å². The van der Waals surface area contributed by atoms with Gasteiger partial charge in [0.25, 0.3) is 5.76 Å². The summed E-state index contributed by atoms with van der Waals surface area (Å²) in [5.74, 6) is -3.10. The van der Waals surface area contributed by atoms with Crippen LogP contribution < -0.4 is 10.2 Å². The quantitative estimate of drug-likeness (QED) is 0.718. The molecule has 0 aromatic heterocycles. The van der Waals surface area contributed by atoms with Crippen molar-refractivity contribution in [3.63, 3.8) is 0 Å². The molecular weight excluding hydrogens is 402 g/mol. The van der Waals surface area contributed by atoms with Crippen molar-refractivity contribution in [2.45, 2.75) is 15.5 Å². The van der Waals surface area contributed by atoms with Gasteiger partial charge in [0, 0.05) is 4.90 Å². The molecular formula is C17H13ClF2N2O2S2. The van der Waals surface area contributed by atoms with E-state index in [1.165, 1.54) is 28.8 Å². The Morgan fingerprint density at radius 3 is 2.81 bits per heavy atom. The van der Waals surface area contributed by atoms with E-state index in [2.05, 4.69) is 5.32 Å². The smallest absolute Gasteiger partial charge is 0.289 e. The van der Waals surface area contributed by atoms with Gasteiger partial charge in [-0.3, -0.25) is 9.59 Å². The molecule has 0 fully saturated rings. The van der Waals surface area contributed by atoms with Crippen molar-refractivity contribution < 1.29 is 18.4 Å². The van der Waals surface area contributed by atoms with Crippen LogP contribution in [0, 0.1) is 0 Å².